The highest BCUT2D eigenvalue weighted by atomic mass is 35.5. The lowest BCUT2D eigenvalue weighted by Crippen LogP contribution is -2.39. The second-order valence-electron chi connectivity index (χ2n) is 6.13. The van der Waals surface area contributed by atoms with E-state index in [0.717, 1.165) is 25.3 Å². The standard InChI is InChI=1S/C16H24ClN3O2.ClH/c1-16(11-18)6-8-20(12-16)10-15(21)19-7-9-22-14-4-2-13(17)3-5-14;/h2-5H,6-12,18H2,1H3,(H,19,21);1H. The molecule has 7 heteroatoms. The molecule has 1 unspecified atom stereocenters. The van der Waals surface area contributed by atoms with Crippen molar-refractivity contribution in [1.29, 1.82) is 0 Å². The number of rotatable bonds is 7. The van der Waals surface area contributed by atoms with Gasteiger partial charge in [-0.2, -0.15) is 0 Å². The summed E-state index contributed by atoms with van der Waals surface area (Å²) >= 11 is 5.80. The van der Waals surface area contributed by atoms with Crippen molar-refractivity contribution >= 4 is 29.9 Å². The van der Waals surface area contributed by atoms with E-state index >= 15 is 0 Å². The van der Waals surface area contributed by atoms with Gasteiger partial charge in [0.15, 0.2) is 0 Å². The van der Waals surface area contributed by atoms with Gasteiger partial charge in [0.05, 0.1) is 13.1 Å². The van der Waals surface area contributed by atoms with Crippen LogP contribution >= 0.6 is 24.0 Å². The number of likely N-dealkylation sites (tertiary alicyclic amines) is 1. The zero-order valence-corrected chi connectivity index (χ0v) is 15.0. The van der Waals surface area contributed by atoms with Gasteiger partial charge in [0.1, 0.15) is 12.4 Å². The van der Waals surface area contributed by atoms with E-state index in [9.17, 15) is 4.79 Å². The van der Waals surface area contributed by atoms with Crippen LogP contribution in [-0.4, -0.2) is 50.1 Å². The van der Waals surface area contributed by atoms with Crippen LogP contribution in [0.3, 0.4) is 0 Å². The van der Waals surface area contributed by atoms with Gasteiger partial charge in [-0.15, -0.1) is 12.4 Å². The second kappa shape index (κ2) is 9.33. The van der Waals surface area contributed by atoms with Gasteiger partial charge in [-0.05, 0) is 49.2 Å². The van der Waals surface area contributed by atoms with E-state index < -0.39 is 0 Å². The number of carbonyl (C=O) groups is 1. The maximum Gasteiger partial charge on any atom is 0.234 e. The molecule has 23 heavy (non-hydrogen) atoms. The van der Waals surface area contributed by atoms with Crippen LogP contribution in [0.2, 0.25) is 5.02 Å². The van der Waals surface area contributed by atoms with Crippen molar-refractivity contribution in [2.45, 2.75) is 13.3 Å². The molecule has 0 bridgehead atoms. The Labute approximate surface area is 148 Å². The third kappa shape index (κ3) is 6.55. The van der Waals surface area contributed by atoms with Crippen LogP contribution in [0.4, 0.5) is 0 Å². The SMILES string of the molecule is CC1(CN)CCN(CC(=O)NCCOc2ccc(Cl)cc2)C1.Cl. The van der Waals surface area contributed by atoms with Gasteiger partial charge in [-0.25, -0.2) is 0 Å². The van der Waals surface area contributed by atoms with E-state index in [1.165, 1.54) is 0 Å². The largest absolute Gasteiger partial charge is 0.492 e. The molecule has 1 aliphatic rings. The van der Waals surface area contributed by atoms with E-state index in [0.29, 0.717) is 31.3 Å². The molecule has 130 valence electrons. The number of nitrogens with one attached hydrogen (secondary N) is 1. The number of hydrogen-bond donors (Lipinski definition) is 2. The van der Waals surface area contributed by atoms with Crippen LogP contribution in [0.15, 0.2) is 24.3 Å². The molecule has 1 aromatic rings. The first-order valence-corrected chi connectivity index (χ1v) is 7.96. The first-order valence-electron chi connectivity index (χ1n) is 7.58. The first kappa shape index (κ1) is 20.0. The van der Waals surface area contributed by atoms with Crippen LogP contribution in [0.5, 0.6) is 5.75 Å². The first-order chi connectivity index (χ1) is 10.5. The average Bonchev–Trinajstić information content (AvgIpc) is 2.87. The van der Waals surface area contributed by atoms with Gasteiger partial charge in [0.2, 0.25) is 5.91 Å². The molecule has 3 N–H and O–H groups in total. The van der Waals surface area contributed by atoms with Crippen molar-refractivity contribution in [3.05, 3.63) is 29.3 Å². The molecule has 1 aliphatic heterocycles. The third-order valence-corrected chi connectivity index (χ3v) is 4.26. The molecule has 1 aromatic carbocycles. The summed E-state index contributed by atoms with van der Waals surface area (Å²) in [4.78, 5) is 14.1. The number of benzene rings is 1. The molecule has 5 nitrogen and oxygen atoms in total. The van der Waals surface area contributed by atoms with E-state index in [2.05, 4.69) is 17.1 Å². The molecule has 1 atom stereocenters. The van der Waals surface area contributed by atoms with Crippen molar-refractivity contribution < 1.29 is 9.53 Å². The third-order valence-electron chi connectivity index (χ3n) is 4.00. The lowest BCUT2D eigenvalue weighted by Gasteiger charge is -2.22. The number of carbonyl (C=O) groups excluding carboxylic acids is 1. The number of ether oxygens (including phenoxy) is 1. The minimum absolute atomic E-state index is 0. The summed E-state index contributed by atoms with van der Waals surface area (Å²) in [5, 5.41) is 3.55. The molecule has 1 heterocycles. The number of nitrogens with two attached hydrogens (primary N) is 1. The van der Waals surface area contributed by atoms with E-state index in [-0.39, 0.29) is 23.7 Å². The van der Waals surface area contributed by atoms with Gasteiger partial charge in [0.25, 0.3) is 0 Å². The van der Waals surface area contributed by atoms with Crippen LogP contribution in [0.25, 0.3) is 0 Å². The fourth-order valence-electron chi connectivity index (χ4n) is 2.58. The van der Waals surface area contributed by atoms with Crippen molar-refractivity contribution in [2.75, 3.05) is 39.3 Å². The summed E-state index contributed by atoms with van der Waals surface area (Å²) < 4.78 is 5.53. The molecule has 0 aliphatic carbocycles. The normalized spacial score (nSPS) is 20.8. The Morgan fingerprint density at radius 1 is 1.43 bits per heavy atom. The molecule has 0 saturated carbocycles. The van der Waals surface area contributed by atoms with Gasteiger partial charge in [-0.3, -0.25) is 9.69 Å². The highest BCUT2D eigenvalue weighted by Gasteiger charge is 2.32. The minimum Gasteiger partial charge on any atom is -0.492 e. The van der Waals surface area contributed by atoms with E-state index in [1.54, 1.807) is 12.1 Å². The highest BCUT2D eigenvalue weighted by Crippen LogP contribution is 2.27. The monoisotopic (exact) mass is 361 g/mol. The number of hydrogen-bond acceptors (Lipinski definition) is 4. The molecule has 0 radical (unpaired) electrons. The van der Waals surface area contributed by atoms with E-state index in [1.807, 2.05) is 12.1 Å². The Hall–Kier alpha value is -1.01. The lowest BCUT2D eigenvalue weighted by atomic mass is 9.90. The number of halogens is 2. The summed E-state index contributed by atoms with van der Waals surface area (Å²) in [5.41, 5.74) is 5.92. The topological polar surface area (TPSA) is 67.6 Å². The highest BCUT2D eigenvalue weighted by molar-refractivity contribution is 6.30. The Morgan fingerprint density at radius 3 is 2.74 bits per heavy atom. The van der Waals surface area contributed by atoms with Crippen LogP contribution in [-0.2, 0) is 4.79 Å². The molecular formula is C16H25Cl2N3O2. The van der Waals surface area contributed by atoms with Crippen LogP contribution in [0.1, 0.15) is 13.3 Å². The van der Waals surface area contributed by atoms with Gasteiger partial charge in [0, 0.05) is 11.6 Å². The summed E-state index contributed by atoms with van der Waals surface area (Å²) in [7, 11) is 0. The fourth-order valence-corrected chi connectivity index (χ4v) is 2.70. The van der Waals surface area contributed by atoms with Gasteiger partial charge in [-0.1, -0.05) is 18.5 Å². The predicted octanol–water partition coefficient (Wildman–Crippen LogP) is 1.93. The zero-order valence-electron chi connectivity index (χ0n) is 13.4. The molecule has 1 fully saturated rings. The average molecular weight is 362 g/mol. The maximum absolute atomic E-state index is 11.9. The van der Waals surface area contributed by atoms with E-state index in [4.69, 9.17) is 22.1 Å². The lowest BCUT2D eigenvalue weighted by molar-refractivity contribution is -0.122. The molecule has 0 spiro atoms. The summed E-state index contributed by atoms with van der Waals surface area (Å²) in [6, 6.07) is 7.17. The Bertz CT molecular complexity index is 499. The Morgan fingerprint density at radius 2 is 2.13 bits per heavy atom. The second-order valence-corrected chi connectivity index (χ2v) is 6.56. The Balaban J connectivity index is 0.00000264. The predicted molar refractivity (Wildman–Crippen MR) is 95.4 cm³/mol. The summed E-state index contributed by atoms with van der Waals surface area (Å²) in [6.07, 6.45) is 1.05. The smallest absolute Gasteiger partial charge is 0.234 e. The van der Waals surface area contributed by atoms with Gasteiger partial charge >= 0.3 is 0 Å². The number of nitrogens with zero attached hydrogens (tertiary/aromatic N) is 1. The van der Waals surface area contributed by atoms with Crippen molar-refractivity contribution in [1.82, 2.24) is 10.2 Å². The summed E-state index contributed by atoms with van der Waals surface area (Å²) in [5.74, 6) is 0.776. The van der Waals surface area contributed by atoms with Crippen molar-refractivity contribution in [2.24, 2.45) is 11.1 Å². The molecule has 0 aromatic heterocycles. The number of amides is 1. The van der Waals surface area contributed by atoms with Crippen LogP contribution in [0, 0.1) is 5.41 Å². The maximum atomic E-state index is 11.9. The van der Waals surface area contributed by atoms with Gasteiger partial charge < -0.3 is 15.8 Å². The van der Waals surface area contributed by atoms with Crippen molar-refractivity contribution in [3.8, 4) is 5.75 Å². The molecule has 1 saturated heterocycles. The molecule has 1 amide bonds. The quantitative estimate of drug-likeness (QED) is 0.728. The fraction of sp³-hybridized carbons (Fsp3) is 0.562. The summed E-state index contributed by atoms with van der Waals surface area (Å²) in [6.45, 7) is 6.01. The van der Waals surface area contributed by atoms with Crippen LogP contribution < -0.4 is 15.8 Å². The molecular weight excluding hydrogens is 337 g/mol. The van der Waals surface area contributed by atoms with Crippen molar-refractivity contribution in [3.63, 3.8) is 0 Å². The minimum atomic E-state index is 0. The Kier molecular flexibility index (Phi) is 8.12. The zero-order chi connectivity index (χ0) is 16.0. The molecule has 2 rings (SSSR count).